The fourth-order valence-corrected chi connectivity index (χ4v) is 2.63. The lowest BCUT2D eigenvalue weighted by Crippen LogP contribution is -2.13. The van der Waals surface area contributed by atoms with E-state index in [1.807, 2.05) is 0 Å². The van der Waals surface area contributed by atoms with Crippen molar-refractivity contribution >= 4 is 33.0 Å². The van der Waals surface area contributed by atoms with Crippen molar-refractivity contribution in [3.63, 3.8) is 0 Å². The molecule has 0 fully saturated rings. The van der Waals surface area contributed by atoms with Crippen LogP contribution in [0.2, 0.25) is 5.02 Å². The Morgan fingerprint density at radius 3 is 2.32 bits per heavy atom. The Bertz CT molecular complexity index is 702. The summed E-state index contributed by atoms with van der Waals surface area (Å²) in [5.41, 5.74) is 5.99. The van der Waals surface area contributed by atoms with Gasteiger partial charge in [-0.05, 0) is 42.5 Å². The Labute approximate surface area is 115 Å². The number of hydrogen-bond acceptors (Lipinski definition) is 3. The molecule has 100 valence electrons. The Balaban J connectivity index is 2.32. The maximum atomic E-state index is 12.7. The van der Waals surface area contributed by atoms with Crippen molar-refractivity contribution in [2.45, 2.75) is 4.90 Å². The van der Waals surface area contributed by atoms with Crippen molar-refractivity contribution in [2.75, 3.05) is 10.5 Å². The highest BCUT2D eigenvalue weighted by Gasteiger charge is 2.15. The molecule has 3 N–H and O–H groups in total. The van der Waals surface area contributed by atoms with Crippen molar-refractivity contribution in [3.05, 3.63) is 53.3 Å². The molecule has 0 saturated heterocycles. The van der Waals surface area contributed by atoms with Gasteiger partial charge in [-0.25, -0.2) is 12.8 Å². The standard InChI is InChI=1S/C12H10ClFN2O2S/c13-11-6-5-10(7-12(11)15)19(17,18)16-9-3-1-8(14)2-4-9/h1-7,16H,15H2. The summed E-state index contributed by atoms with van der Waals surface area (Å²) in [6, 6.07) is 8.97. The van der Waals surface area contributed by atoms with Crippen molar-refractivity contribution in [1.29, 1.82) is 0 Å². The van der Waals surface area contributed by atoms with E-state index in [1.165, 1.54) is 30.3 Å². The lowest BCUT2D eigenvalue weighted by atomic mass is 10.3. The van der Waals surface area contributed by atoms with Crippen LogP contribution in [0.5, 0.6) is 0 Å². The molecule has 2 aromatic rings. The van der Waals surface area contributed by atoms with E-state index in [0.29, 0.717) is 0 Å². The third-order valence-electron chi connectivity index (χ3n) is 2.37. The fraction of sp³-hybridized carbons (Fsp3) is 0. The molecule has 0 spiro atoms. The van der Waals surface area contributed by atoms with Crippen molar-refractivity contribution < 1.29 is 12.8 Å². The second kappa shape index (κ2) is 5.07. The van der Waals surface area contributed by atoms with E-state index in [2.05, 4.69) is 4.72 Å². The summed E-state index contributed by atoms with van der Waals surface area (Å²) < 4.78 is 39.1. The zero-order valence-corrected chi connectivity index (χ0v) is 11.2. The molecule has 0 saturated carbocycles. The summed E-state index contributed by atoms with van der Waals surface area (Å²) in [5.74, 6) is -0.446. The smallest absolute Gasteiger partial charge is 0.261 e. The van der Waals surface area contributed by atoms with Crippen LogP contribution in [0, 0.1) is 5.82 Å². The molecule has 19 heavy (non-hydrogen) atoms. The van der Waals surface area contributed by atoms with Gasteiger partial charge in [0.2, 0.25) is 0 Å². The predicted octanol–water partition coefficient (Wildman–Crippen LogP) is 2.86. The summed E-state index contributed by atoms with van der Waals surface area (Å²) in [6.45, 7) is 0. The maximum Gasteiger partial charge on any atom is 0.261 e. The van der Waals surface area contributed by atoms with Crippen LogP contribution in [-0.4, -0.2) is 8.42 Å². The second-order valence-electron chi connectivity index (χ2n) is 3.80. The molecule has 0 aliphatic carbocycles. The quantitative estimate of drug-likeness (QED) is 0.856. The molecule has 0 aliphatic rings. The van der Waals surface area contributed by atoms with Crippen LogP contribution >= 0.6 is 11.6 Å². The van der Waals surface area contributed by atoms with Gasteiger partial charge < -0.3 is 5.73 Å². The van der Waals surface area contributed by atoms with E-state index in [-0.39, 0.29) is 21.3 Å². The molecule has 4 nitrogen and oxygen atoms in total. The van der Waals surface area contributed by atoms with Gasteiger partial charge in [0.05, 0.1) is 15.6 Å². The van der Waals surface area contributed by atoms with Gasteiger partial charge in [0.15, 0.2) is 0 Å². The van der Waals surface area contributed by atoms with Gasteiger partial charge in [0.1, 0.15) is 5.82 Å². The first kappa shape index (κ1) is 13.6. The van der Waals surface area contributed by atoms with Crippen LogP contribution in [-0.2, 0) is 10.0 Å². The van der Waals surface area contributed by atoms with Crippen LogP contribution in [0.15, 0.2) is 47.4 Å². The van der Waals surface area contributed by atoms with Gasteiger partial charge >= 0.3 is 0 Å². The van der Waals surface area contributed by atoms with Crippen LogP contribution in [0.25, 0.3) is 0 Å². The summed E-state index contributed by atoms with van der Waals surface area (Å²) in [4.78, 5) is -0.0151. The third-order valence-corrected chi connectivity index (χ3v) is 4.10. The van der Waals surface area contributed by atoms with Gasteiger partial charge in [0, 0.05) is 5.69 Å². The Morgan fingerprint density at radius 2 is 1.74 bits per heavy atom. The minimum absolute atomic E-state index is 0.0151. The lowest BCUT2D eigenvalue weighted by Gasteiger charge is -2.09. The molecule has 0 amide bonds. The number of hydrogen-bond donors (Lipinski definition) is 2. The Hall–Kier alpha value is -1.79. The number of sulfonamides is 1. The summed E-state index contributed by atoms with van der Waals surface area (Å²) in [6.07, 6.45) is 0. The predicted molar refractivity (Wildman–Crippen MR) is 73.1 cm³/mol. The fourth-order valence-electron chi connectivity index (χ4n) is 1.42. The Kier molecular flexibility index (Phi) is 3.64. The van der Waals surface area contributed by atoms with Gasteiger partial charge in [-0.3, -0.25) is 4.72 Å². The molecule has 0 radical (unpaired) electrons. The minimum Gasteiger partial charge on any atom is -0.397 e. The first-order valence-electron chi connectivity index (χ1n) is 5.22. The van der Waals surface area contributed by atoms with Crippen LogP contribution in [0.4, 0.5) is 15.8 Å². The molecule has 0 bridgehead atoms. The molecule has 2 rings (SSSR count). The molecular formula is C12H10ClFN2O2S. The number of rotatable bonds is 3. The largest absolute Gasteiger partial charge is 0.397 e. The number of nitrogen functional groups attached to an aromatic ring is 1. The zero-order chi connectivity index (χ0) is 14.0. The average Bonchev–Trinajstić information content (AvgIpc) is 2.35. The van der Waals surface area contributed by atoms with E-state index >= 15 is 0 Å². The van der Waals surface area contributed by atoms with Crippen molar-refractivity contribution in [3.8, 4) is 0 Å². The number of benzene rings is 2. The molecule has 2 aromatic carbocycles. The molecular weight excluding hydrogens is 291 g/mol. The maximum absolute atomic E-state index is 12.7. The third kappa shape index (κ3) is 3.15. The second-order valence-corrected chi connectivity index (χ2v) is 5.89. The highest BCUT2D eigenvalue weighted by atomic mass is 35.5. The van der Waals surface area contributed by atoms with Gasteiger partial charge in [0.25, 0.3) is 10.0 Å². The van der Waals surface area contributed by atoms with E-state index in [1.54, 1.807) is 0 Å². The normalized spacial score (nSPS) is 11.3. The monoisotopic (exact) mass is 300 g/mol. The van der Waals surface area contributed by atoms with E-state index in [0.717, 1.165) is 12.1 Å². The first-order chi connectivity index (χ1) is 8.88. The summed E-state index contributed by atoms with van der Waals surface area (Å²) in [5, 5.41) is 0.278. The highest BCUT2D eigenvalue weighted by Crippen LogP contribution is 2.23. The zero-order valence-electron chi connectivity index (χ0n) is 9.60. The van der Waals surface area contributed by atoms with E-state index in [9.17, 15) is 12.8 Å². The lowest BCUT2D eigenvalue weighted by molar-refractivity contribution is 0.601. The van der Waals surface area contributed by atoms with Crippen molar-refractivity contribution in [2.24, 2.45) is 0 Å². The van der Waals surface area contributed by atoms with Gasteiger partial charge in [-0.1, -0.05) is 11.6 Å². The SMILES string of the molecule is Nc1cc(S(=O)(=O)Nc2ccc(F)cc2)ccc1Cl. The minimum atomic E-state index is -3.78. The van der Waals surface area contributed by atoms with Gasteiger partial charge in [-0.15, -0.1) is 0 Å². The van der Waals surface area contributed by atoms with E-state index < -0.39 is 15.8 Å². The molecule has 7 heteroatoms. The molecule has 0 atom stereocenters. The number of anilines is 2. The highest BCUT2D eigenvalue weighted by molar-refractivity contribution is 7.92. The van der Waals surface area contributed by atoms with Crippen LogP contribution in [0.3, 0.4) is 0 Å². The summed E-state index contributed by atoms with van der Waals surface area (Å²) >= 11 is 5.73. The van der Waals surface area contributed by atoms with Crippen LogP contribution in [0.1, 0.15) is 0 Å². The summed E-state index contributed by atoms with van der Waals surface area (Å²) in [7, 11) is -3.78. The number of halogens is 2. The van der Waals surface area contributed by atoms with E-state index in [4.69, 9.17) is 17.3 Å². The molecule has 0 aliphatic heterocycles. The first-order valence-corrected chi connectivity index (χ1v) is 7.08. The number of nitrogens with one attached hydrogen (secondary N) is 1. The average molecular weight is 301 g/mol. The molecule has 0 aromatic heterocycles. The molecule has 0 unspecified atom stereocenters. The Morgan fingerprint density at radius 1 is 1.11 bits per heavy atom. The molecule has 0 heterocycles. The van der Waals surface area contributed by atoms with Gasteiger partial charge in [-0.2, -0.15) is 0 Å². The van der Waals surface area contributed by atoms with Crippen LogP contribution < -0.4 is 10.5 Å². The topological polar surface area (TPSA) is 72.2 Å². The van der Waals surface area contributed by atoms with Crippen molar-refractivity contribution in [1.82, 2.24) is 0 Å². The number of nitrogens with two attached hydrogens (primary N) is 1.